The van der Waals surface area contributed by atoms with Crippen molar-refractivity contribution in [3.8, 4) is 11.5 Å². The highest BCUT2D eigenvalue weighted by atomic mass is 79.9. The molecule has 0 N–H and O–H groups in total. The molecule has 1 amide bonds. The number of thioether (sulfide) groups is 1. The van der Waals surface area contributed by atoms with E-state index in [1.54, 1.807) is 0 Å². The van der Waals surface area contributed by atoms with Crippen molar-refractivity contribution in [3.05, 3.63) is 64.6 Å². The Bertz CT molecular complexity index is 945. The third-order valence-electron chi connectivity index (χ3n) is 4.35. The number of carbonyl (C=O) groups is 1. The number of morpholine rings is 1. The highest BCUT2D eigenvalue weighted by Crippen LogP contribution is 2.37. The molecule has 4 rings (SSSR count). The number of amides is 1. The van der Waals surface area contributed by atoms with Crippen LogP contribution in [0.3, 0.4) is 0 Å². The second kappa shape index (κ2) is 8.89. The number of ether oxygens (including phenoxy) is 1. The second-order valence-corrected chi connectivity index (χ2v) is 8.20. The summed E-state index contributed by atoms with van der Waals surface area (Å²) in [6.07, 6.45) is 0. The van der Waals surface area contributed by atoms with Crippen molar-refractivity contribution < 1.29 is 13.9 Å². The van der Waals surface area contributed by atoms with Gasteiger partial charge in [-0.25, -0.2) is 0 Å². The normalized spacial score (nSPS) is 15.4. The van der Waals surface area contributed by atoms with Gasteiger partial charge in [0.25, 0.3) is 5.22 Å². The number of hydrogen-bond acceptors (Lipinski definition) is 6. The van der Waals surface area contributed by atoms with Crippen molar-refractivity contribution in [2.45, 2.75) is 10.5 Å². The minimum absolute atomic E-state index is 0.0294. The zero-order valence-corrected chi connectivity index (χ0v) is 17.4. The summed E-state index contributed by atoms with van der Waals surface area (Å²) in [5.74, 6) is 0.455. The monoisotopic (exact) mass is 459 g/mol. The van der Waals surface area contributed by atoms with Crippen molar-refractivity contribution in [2.24, 2.45) is 0 Å². The second-order valence-electron chi connectivity index (χ2n) is 6.23. The Kier molecular flexibility index (Phi) is 6.09. The van der Waals surface area contributed by atoms with Gasteiger partial charge in [0, 0.05) is 23.1 Å². The summed E-state index contributed by atoms with van der Waals surface area (Å²) in [6.45, 7) is 2.31. The third kappa shape index (κ3) is 4.45. The number of benzene rings is 2. The van der Waals surface area contributed by atoms with E-state index in [1.165, 1.54) is 11.8 Å². The highest BCUT2D eigenvalue weighted by molar-refractivity contribution is 9.10. The molecule has 0 unspecified atom stereocenters. The maximum Gasteiger partial charge on any atom is 0.277 e. The average Bonchev–Trinajstić information content (AvgIpc) is 3.22. The molecule has 0 bridgehead atoms. The Hall–Kier alpha value is -2.16. The van der Waals surface area contributed by atoms with Crippen molar-refractivity contribution in [2.75, 3.05) is 26.3 Å². The van der Waals surface area contributed by atoms with Gasteiger partial charge in [-0.3, -0.25) is 4.79 Å². The molecule has 1 aromatic heterocycles. The van der Waals surface area contributed by atoms with Crippen LogP contribution in [0.15, 0.2) is 68.7 Å². The molecule has 1 aliphatic rings. The molecule has 0 spiro atoms. The average molecular weight is 460 g/mol. The van der Waals surface area contributed by atoms with E-state index in [0.717, 1.165) is 15.6 Å². The zero-order chi connectivity index (χ0) is 19.3. The first kappa shape index (κ1) is 19.2. The molecule has 1 atom stereocenters. The van der Waals surface area contributed by atoms with Crippen LogP contribution in [-0.2, 0) is 9.53 Å². The Balaban J connectivity index is 1.58. The van der Waals surface area contributed by atoms with E-state index >= 15 is 0 Å². The standard InChI is InChI=1S/C20H18BrN3O3S/c21-16-8-4-7-15(13-16)18-22-23-20(27-18)28-17(14-5-2-1-3-6-14)19(25)24-9-11-26-12-10-24/h1-8,13,17H,9-12H2/t17-/m0/s1. The summed E-state index contributed by atoms with van der Waals surface area (Å²) in [5.41, 5.74) is 1.73. The molecule has 6 nitrogen and oxygen atoms in total. The summed E-state index contributed by atoms with van der Waals surface area (Å²) in [5, 5.41) is 8.21. The van der Waals surface area contributed by atoms with Crippen LogP contribution < -0.4 is 0 Å². The Morgan fingerprint density at radius 1 is 1.07 bits per heavy atom. The fraction of sp³-hybridized carbons (Fsp3) is 0.250. The van der Waals surface area contributed by atoms with E-state index in [9.17, 15) is 4.79 Å². The van der Waals surface area contributed by atoms with Crippen LogP contribution in [-0.4, -0.2) is 47.3 Å². The summed E-state index contributed by atoms with van der Waals surface area (Å²) in [6, 6.07) is 17.3. The number of aromatic nitrogens is 2. The van der Waals surface area contributed by atoms with E-state index in [2.05, 4.69) is 26.1 Å². The zero-order valence-electron chi connectivity index (χ0n) is 15.0. The van der Waals surface area contributed by atoms with E-state index in [1.807, 2.05) is 59.5 Å². The van der Waals surface area contributed by atoms with Crippen LogP contribution in [0.1, 0.15) is 10.8 Å². The molecular weight excluding hydrogens is 442 g/mol. The first-order valence-electron chi connectivity index (χ1n) is 8.88. The number of hydrogen-bond donors (Lipinski definition) is 0. The predicted molar refractivity (Wildman–Crippen MR) is 110 cm³/mol. The van der Waals surface area contributed by atoms with Gasteiger partial charge in [-0.05, 0) is 35.5 Å². The topological polar surface area (TPSA) is 68.5 Å². The Morgan fingerprint density at radius 3 is 2.61 bits per heavy atom. The lowest BCUT2D eigenvalue weighted by Crippen LogP contribution is -2.42. The van der Waals surface area contributed by atoms with Gasteiger partial charge in [0.2, 0.25) is 11.8 Å². The fourth-order valence-electron chi connectivity index (χ4n) is 2.93. The first-order valence-corrected chi connectivity index (χ1v) is 10.6. The lowest BCUT2D eigenvalue weighted by Gasteiger charge is -2.29. The quantitative estimate of drug-likeness (QED) is 0.532. The van der Waals surface area contributed by atoms with Gasteiger partial charge < -0.3 is 14.1 Å². The number of carbonyl (C=O) groups excluding carboxylic acids is 1. The van der Waals surface area contributed by atoms with Crippen LogP contribution in [0, 0.1) is 0 Å². The summed E-state index contributed by atoms with van der Waals surface area (Å²) in [4.78, 5) is 15.0. The van der Waals surface area contributed by atoms with Gasteiger partial charge >= 0.3 is 0 Å². The molecular formula is C20H18BrN3O3S. The molecule has 0 aliphatic carbocycles. The number of rotatable bonds is 5. The smallest absolute Gasteiger partial charge is 0.277 e. The van der Waals surface area contributed by atoms with Crippen LogP contribution >= 0.6 is 27.7 Å². The van der Waals surface area contributed by atoms with Gasteiger partial charge in [-0.15, -0.1) is 10.2 Å². The minimum Gasteiger partial charge on any atom is -0.411 e. The molecule has 0 radical (unpaired) electrons. The Labute approximate surface area is 175 Å². The van der Waals surface area contributed by atoms with Crippen molar-refractivity contribution in [3.63, 3.8) is 0 Å². The van der Waals surface area contributed by atoms with Crippen molar-refractivity contribution in [1.29, 1.82) is 0 Å². The molecule has 1 saturated heterocycles. The molecule has 1 aliphatic heterocycles. The maximum atomic E-state index is 13.2. The van der Waals surface area contributed by atoms with Crippen molar-refractivity contribution in [1.82, 2.24) is 15.1 Å². The van der Waals surface area contributed by atoms with Crippen LogP contribution in [0.25, 0.3) is 11.5 Å². The van der Waals surface area contributed by atoms with Gasteiger partial charge in [0.15, 0.2) is 0 Å². The third-order valence-corrected chi connectivity index (χ3v) is 5.92. The molecule has 8 heteroatoms. The summed E-state index contributed by atoms with van der Waals surface area (Å²) < 4.78 is 12.1. The minimum atomic E-state index is -0.449. The molecule has 3 aromatic rings. The van der Waals surface area contributed by atoms with Crippen LogP contribution in [0.4, 0.5) is 0 Å². The van der Waals surface area contributed by atoms with Gasteiger partial charge in [0.05, 0.1) is 13.2 Å². The van der Waals surface area contributed by atoms with E-state index in [-0.39, 0.29) is 5.91 Å². The molecule has 2 heterocycles. The van der Waals surface area contributed by atoms with Crippen molar-refractivity contribution >= 4 is 33.6 Å². The van der Waals surface area contributed by atoms with Crippen LogP contribution in [0.5, 0.6) is 0 Å². The van der Waals surface area contributed by atoms with Gasteiger partial charge in [-0.1, -0.05) is 52.3 Å². The molecule has 0 saturated carbocycles. The first-order chi connectivity index (χ1) is 13.7. The highest BCUT2D eigenvalue weighted by Gasteiger charge is 2.30. The van der Waals surface area contributed by atoms with E-state index in [0.29, 0.717) is 37.4 Å². The SMILES string of the molecule is O=C([C@@H](Sc1nnc(-c2cccc(Br)c2)o1)c1ccccc1)N1CCOCC1. The maximum absolute atomic E-state index is 13.2. The fourth-order valence-corrected chi connectivity index (χ4v) is 4.29. The van der Waals surface area contributed by atoms with Crippen LogP contribution in [0.2, 0.25) is 0 Å². The Morgan fingerprint density at radius 2 is 1.86 bits per heavy atom. The predicted octanol–water partition coefficient (Wildman–Crippen LogP) is 4.19. The molecule has 28 heavy (non-hydrogen) atoms. The van der Waals surface area contributed by atoms with Gasteiger partial charge in [0.1, 0.15) is 5.25 Å². The summed E-state index contributed by atoms with van der Waals surface area (Å²) in [7, 11) is 0. The van der Waals surface area contributed by atoms with E-state index < -0.39 is 5.25 Å². The molecule has 2 aromatic carbocycles. The number of nitrogens with zero attached hydrogens (tertiary/aromatic N) is 3. The van der Waals surface area contributed by atoms with Gasteiger partial charge in [-0.2, -0.15) is 0 Å². The molecule has 1 fully saturated rings. The molecule has 144 valence electrons. The largest absolute Gasteiger partial charge is 0.411 e. The lowest BCUT2D eigenvalue weighted by molar-refractivity contribution is -0.134. The number of halogens is 1. The summed E-state index contributed by atoms with van der Waals surface area (Å²) >= 11 is 4.72. The lowest BCUT2D eigenvalue weighted by atomic mass is 10.1. The van der Waals surface area contributed by atoms with E-state index in [4.69, 9.17) is 9.15 Å².